The van der Waals surface area contributed by atoms with E-state index in [-0.39, 0.29) is 5.97 Å². The lowest BCUT2D eigenvalue weighted by Gasteiger charge is -2.12. The van der Waals surface area contributed by atoms with Crippen LogP contribution in [0.1, 0.15) is 122 Å². The molecule has 26 heavy (non-hydrogen) atoms. The molecule has 0 amide bonds. The van der Waals surface area contributed by atoms with Crippen LogP contribution in [0.15, 0.2) is 0 Å². The Morgan fingerprint density at radius 2 is 1.19 bits per heavy atom. The van der Waals surface area contributed by atoms with Gasteiger partial charge in [0.25, 0.3) is 0 Å². The highest BCUT2D eigenvalue weighted by Crippen LogP contribution is 2.13. The minimum Gasteiger partial charge on any atom is -0.447 e. The molecule has 0 aromatic rings. The van der Waals surface area contributed by atoms with Crippen molar-refractivity contribution in [3.63, 3.8) is 0 Å². The van der Waals surface area contributed by atoms with Gasteiger partial charge in [-0.25, -0.2) is 0 Å². The van der Waals surface area contributed by atoms with Crippen molar-refractivity contribution in [3.8, 4) is 0 Å². The summed E-state index contributed by atoms with van der Waals surface area (Å²) in [4.78, 5) is 11.7. The van der Waals surface area contributed by atoms with E-state index in [0.717, 1.165) is 38.5 Å². The Bertz CT molecular complexity index is 298. The van der Waals surface area contributed by atoms with Gasteiger partial charge in [0.15, 0.2) is 6.23 Å². The van der Waals surface area contributed by atoms with Gasteiger partial charge in [0, 0.05) is 6.42 Å². The number of esters is 1. The maximum Gasteiger partial charge on any atom is 0.307 e. The summed E-state index contributed by atoms with van der Waals surface area (Å²) in [6, 6.07) is 0. The zero-order valence-electron chi connectivity index (χ0n) is 17.5. The molecule has 0 aromatic heterocycles. The van der Waals surface area contributed by atoms with Gasteiger partial charge in [-0.15, -0.1) is 0 Å². The Morgan fingerprint density at radius 1 is 0.731 bits per heavy atom. The third-order valence-electron chi connectivity index (χ3n) is 4.96. The number of nitrogens with two attached hydrogens (primary N) is 2. The highest BCUT2D eigenvalue weighted by atomic mass is 16.6. The molecule has 4 N–H and O–H groups in total. The molecule has 0 aliphatic heterocycles. The van der Waals surface area contributed by atoms with E-state index in [0.29, 0.717) is 13.0 Å². The van der Waals surface area contributed by atoms with Gasteiger partial charge in [-0.3, -0.25) is 10.5 Å². The predicted molar refractivity (Wildman–Crippen MR) is 112 cm³/mol. The first-order valence-electron chi connectivity index (χ1n) is 11.4. The Labute approximate surface area is 162 Å². The van der Waals surface area contributed by atoms with Crippen molar-refractivity contribution >= 4 is 5.97 Å². The average Bonchev–Trinajstić information content (AvgIpc) is 2.62. The third-order valence-corrected chi connectivity index (χ3v) is 4.96. The fraction of sp³-hybridized carbons (Fsp3) is 0.955. The van der Waals surface area contributed by atoms with Crippen LogP contribution in [0.5, 0.6) is 0 Å². The molecule has 4 heteroatoms. The van der Waals surface area contributed by atoms with Gasteiger partial charge in [-0.1, -0.05) is 90.4 Å². The van der Waals surface area contributed by atoms with Crippen molar-refractivity contribution in [2.45, 2.75) is 129 Å². The van der Waals surface area contributed by atoms with Crippen LogP contribution in [0.3, 0.4) is 0 Å². The van der Waals surface area contributed by atoms with Crippen LogP contribution in [-0.2, 0) is 9.53 Å². The topological polar surface area (TPSA) is 78.3 Å². The van der Waals surface area contributed by atoms with Gasteiger partial charge in [0.05, 0.1) is 0 Å². The fourth-order valence-corrected chi connectivity index (χ4v) is 3.24. The highest BCUT2D eigenvalue weighted by Gasteiger charge is 2.09. The van der Waals surface area contributed by atoms with E-state index in [1.54, 1.807) is 0 Å². The lowest BCUT2D eigenvalue weighted by molar-refractivity contribution is -0.149. The monoisotopic (exact) mass is 370 g/mol. The molecule has 0 aliphatic rings. The summed E-state index contributed by atoms with van der Waals surface area (Å²) in [6.07, 6.45) is 20.9. The second-order valence-electron chi connectivity index (χ2n) is 7.66. The van der Waals surface area contributed by atoms with Crippen molar-refractivity contribution in [2.75, 3.05) is 6.54 Å². The standard InChI is InChI=1S/C22H46N2O2/c1-2-3-4-5-6-7-8-9-10-11-12-13-16-19-22(25)26-21(24)18-15-14-17-20-23/h21H,2-20,23-24H2,1H3. The first kappa shape index (κ1) is 25.4. The normalized spacial score (nSPS) is 12.3. The number of rotatable bonds is 20. The van der Waals surface area contributed by atoms with Gasteiger partial charge in [0.1, 0.15) is 0 Å². The average molecular weight is 371 g/mol. The van der Waals surface area contributed by atoms with E-state index in [9.17, 15) is 4.79 Å². The lowest BCUT2D eigenvalue weighted by atomic mass is 10.0. The van der Waals surface area contributed by atoms with Gasteiger partial charge in [-0.05, 0) is 32.2 Å². The van der Waals surface area contributed by atoms with Crippen molar-refractivity contribution in [3.05, 3.63) is 0 Å². The van der Waals surface area contributed by atoms with Gasteiger partial charge in [0.2, 0.25) is 0 Å². The molecule has 0 bridgehead atoms. The van der Waals surface area contributed by atoms with Crippen molar-refractivity contribution in [2.24, 2.45) is 11.5 Å². The zero-order chi connectivity index (χ0) is 19.3. The molecule has 4 nitrogen and oxygen atoms in total. The van der Waals surface area contributed by atoms with E-state index in [2.05, 4.69) is 6.92 Å². The number of hydrogen-bond acceptors (Lipinski definition) is 4. The van der Waals surface area contributed by atoms with Crippen LogP contribution in [0.2, 0.25) is 0 Å². The highest BCUT2D eigenvalue weighted by molar-refractivity contribution is 5.69. The van der Waals surface area contributed by atoms with Gasteiger partial charge in [-0.2, -0.15) is 0 Å². The second kappa shape index (κ2) is 20.7. The van der Waals surface area contributed by atoms with Crippen molar-refractivity contribution in [1.29, 1.82) is 0 Å². The minimum atomic E-state index is -0.442. The molecule has 0 rings (SSSR count). The summed E-state index contributed by atoms with van der Waals surface area (Å²) < 4.78 is 5.25. The summed E-state index contributed by atoms with van der Waals surface area (Å²) in [5.74, 6) is -0.139. The maximum atomic E-state index is 11.7. The number of unbranched alkanes of at least 4 members (excludes halogenated alkanes) is 14. The molecule has 0 aromatic carbocycles. The Kier molecular flexibility index (Phi) is 20.2. The number of carbonyl (C=O) groups excluding carboxylic acids is 1. The molecule has 0 fully saturated rings. The van der Waals surface area contributed by atoms with E-state index < -0.39 is 6.23 Å². The third kappa shape index (κ3) is 19.7. The minimum absolute atomic E-state index is 0.139. The van der Waals surface area contributed by atoms with E-state index >= 15 is 0 Å². The lowest BCUT2D eigenvalue weighted by Crippen LogP contribution is -2.27. The molecule has 1 atom stereocenters. The van der Waals surface area contributed by atoms with E-state index in [1.807, 2.05) is 0 Å². The largest absolute Gasteiger partial charge is 0.447 e. The molecule has 0 saturated heterocycles. The fourth-order valence-electron chi connectivity index (χ4n) is 3.24. The Hall–Kier alpha value is -0.610. The number of carbonyl (C=O) groups is 1. The quantitative estimate of drug-likeness (QED) is 0.161. The number of ether oxygens (including phenoxy) is 1. The smallest absolute Gasteiger partial charge is 0.307 e. The molecule has 0 spiro atoms. The van der Waals surface area contributed by atoms with Crippen molar-refractivity contribution in [1.82, 2.24) is 0 Å². The number of hydrogen-bond donors (Lipinski definition) is 2. The van der Waals surface area contributed by atoms with Gasteiger partial charge >= 0.3 is 5.97 Å². The van der Waals surface area contributed by atoms with Crippen LogP contribution in [0.25, 0.3) is 0 Å². The van der Waals surface area contributed by atoms with Gasteiger partial charge < -0.3 is 10.5 Å². The summed E-state index contributed by atoms with van der Waals surface area (Å²) in [5.41, 5.74) is 11.3. The summed E-state index contributed by atoms with van der Waals surface area (Å²) in [6.45, 7) is 2.98. The van der Waals surface area contributed by atoms with E-state index in [4.69, 9.17) is 16.2 Å². The van der Waals surface area contributed by atoms with Crippen LogP contribution < -0.4 is 11.5 Å². The van der Waals surface area contributed by atoms with Crippen LogP contribution in [0, 0.1) is 0 Å². The maximum absolute atomic E-state index is 11.7. The zero-order valence-corrected chi connectivity index (χ0v) is 17.5. The van der Waals surface area contributed by atoms with Crippen LogP contribution >= 0.6 is 0 Å². The molecular weight excluding hydrogens is 324 g/mol. The molecule has 1 unspecified atom stereocenters. The second-order valence-corrected chi connectivity index (χ2v) is 7.66. The Morgan fingerprint density at radius 3 is 1.69 bits per heavy atom. The van der Waals surface area contributed by atoms with Crippen molar-refractivity contribution < 1.29 is 9.53 Å². The summed E-state index contributed by atoms with van der Waals surface area (Å²) in [5, 5.41) is 0. The van der Waals surface area contributed by atoms with Crippen LogP contribution in [0.4, 0.5) is 0 Å². The SMILES string of the molecule is CCCCCCCCCCCCCCCC(=O)OC(N)CCCCCN. The molecule has 0 heterocycles. The Balaban J connectivity index is 3.25. The molecule has 0 aliphatic carbocycles. The predicted octanol–water partition coefficient (Wildman–Crippen LogP) is 5.81. The van der Waals surface area contributed by atoms with E-state index in [1.165, 1.54) is 70.6 Å². The summed E-state index contributed by atoms with van der Waals surface area (Å²) >= 11 is 0. The molecule has 0 radical (unpaired) electrons. The first-order chi connectivity index (χ1) is 12.7. The molecule has 0 saturated carbocycles. The first-order valence-corrected chi connectivity index (χ1v) is 11.4. The van der Waals surface area contributed by atoms with Crippen LogP contribution in [-0.4, -0.2) is 18.7 Å². The molecule has 156 valence electrons. The summed E-state index contributed by atoms with van der Waals surface area (Å²) in [7, 11) is 0. The molecular formula is C22H46N2O2.